The molecular formula is C16H15N3O3S. The van der Waals surface area contributed by atoms with Crippen molar-refractivity contribution in [1.29, 1.82) is 0 Å². The highest BCUT2D eigenvalue weighted by atomic mass is 32.2. The van der Waals surface area contributed by atoms with Crippen LogP contribution in [0.25, 0.3) is 11.5 Å². The molecule has 0 aliphatic carbocycles. The van der Waals surface area contributed by atoms with Gasteiger partial charge in [0.05, 0.1) is 19.8 Å². The maximum absolute atomic E-state index is 5.64. The van der Waals surface area contributed by atoms with Crippen molar-refractivity contribution in [3.8, 4) is 23.0 Å². The fraction of sp³-hybridized carbons (Fsp3) is 0.188. The fourth-order valence-corrected chi connectivity index (χ4v) is 2.66. The van der Waals surface area contributed by atoms with Crippen LogP contribution in [-0.4, -0.2) is 29.4 Å². The standard InChI is InChI=1S/C16H15N3O3S/c1-20-13-6-11(7-14(8-13)21-2)10-23-16-19-18-15(22-16)12-4-3-5-17-9-12/h3-9H,10H2,1-2H3. The third-order valence-electron chi connectivity index (χ3n) is 3.09. The van der Waals surface area contributed by atoms with Crippen molar-refractivity contribution in [2.75, 3.05) is 14.2 Å². The van der Waals surface area contributed by atoms with Crippen LogP contribution in [0.15, 0.2) is 52.4 Å². The van der Waals surface area contributed by atoms with E-state index in [9.17, 15) is 0 Å². The molecule has 0 amide bonds. The van der Waals surface area contributed by atoms with Crippen LogP contribution in [0.5, 0.6) is 11.5 Å². The van der Waals surface area contributed by atoms with Gasteiger partial charge in [0.2, 0.25) is 5.89 Å². The molecule has 0 saturated carbocycles. The first-order valence-electron chi connectivity index (χ1n) is 6.87. The summed E-state index contributed by atoms with van der Waals surface area (Å²) in [5.41, 5.74) is 1.85. The lowest BCUT2D eigenvalue weighted by atomic mass is 10.2. The number of benzene rings is 1. The van der Waals surface area contributed by atoms with Gasteiger partial charge in [0, 0.05) is 24.2 Å². The van der Waals surface area contributed by atoms with Crippen LogP contribution in [0.3, 0.4) is 0 Å². The summed E-state index contributed by atoms with van der Waals surface area (Å²) in [5, 5.41) is 8.59. The molecular weight excluding hydrogens is 314 g/mol. The zero-order valence-electron chi connectivity index (χ0n) is 12.7. The van der Waals surface area contributed by atoms with E-state index in [-0.39, 0.29) is 0 Å². The Morgan fingerprint density at radius 3 is 2.52 bits per heavy atom. The molecule has 0 aliphatic heterocycles. The van der Waals surface area contributed by atoms with E-state index < -0.39 is 0 Å². The van der Waals surface area contributed by atoms with E-state index in [1.165, 1.54) is 11.8 Å². The van der Waals surface area contributed by atoms with Gasteiger partial charge < -0.3 is 13.9 Å². The summed E-state index contributed by atoms with van der Waals surface area (Å²) in [4.78, 5) is 4.04. The van der Waals surface area contributed by atoms with Crippen molar-refractivity contribution >= 4 is 11.8 Å². The summed E-state index contributed by atoms with van der Waals surface area (Å²) in [6, 6.07) is 9.44. The minimum Gasteiger partial charge on any atom is -0.497 e. The molecule has 0 atom stereocenters. The molecule has 0 aliphatic rings. The van der Waals surface area contributed by atoms with Crippen LogP contribution in [0.1, 0.15) is 5.56 Å². The van der Waals surface area contributed by atoms with Crippen LogP contribution < -0.4 is 9.47 Å². The van der Waals surface area contributed by atoms with Gasteiger partial charge in [-0.3, -0.25) is 4.98 Å². The molecule has 23 heavy (non-hydrogen) atoms. The molecule has 0 bridgehead atoms. The quantitative estimate of drug-likeness (QED) is 0.641. The summed E-state index contributed by atoms with van der Waals surface area (Å²) >= 11 is 1.46. The van der Waals surface area contributed by atoms with E-state index in [1.807, 2.05) is 30.3 Å². The zero-order chi connectivity index (χ0) is 16.1. The Bertz CT molecular complexity index is 755. The number of nitrogens with zero attached hydrogens (tertiary/aromatic N) is 3. The van der Waals surface area contributed by atoms with Crippen LogP contribution >= 0.6 is 11.8 Å². The Morgan fingerprint density at radius 2 is 1.87 bits per heavy atom. The van der Waals surface area contributed by atoms with Gasteiger partial charge in [0.15, 0.2) is 0 Å². The zero-order valence-corrected chi connectivity index (χ0v) is 13.5. The molecule has 7 heteroatoms. The van der Waals surface area contributed by atoms with Crippen molar-refractivity contribution in [2.45, 2.75) is 11.0 Å². The molecule has 2 heterocycles. The average Bonchev–Trinajstić information content (AvgIpc) is 3.09. The van der Waals surface area contributed by atoms with Gasteiger partial charge >= 0.3 is 0 Å². The number of rotatable bonds is 6. The lowest BCUT2D eigenvalue weighted by Gasteiger charge is -2.07. The van der Waals surface area contributed by atoms with Gasteiger partial charge in [-0.1, -0.05) is 11.8 Å². The van der Waals surface area contributed by atoms with E-state index in [4.69, 9.17) is 13.9 Å². The SMILES string of the molecule is COc1cc(CSc2nnc(-c3cccnc3)o2)cc(OC)c1. The second kappa shape index (κ2) is 7.15. The molecule has 118 valence electrons. The maximum atomic E-state index is 5.64. The first kappa shape index (κ1) is 15.4. The molecule has 2 aromatic heterocycles. The topological polar surface area (TPSA) is 70.3 Å². The minimum atomic E-state index is 0.462. The molecule has 1 aromatic carbocycles. The number of methoxy groups -OCH3 is 2. The van der Waals surface area contributed by atoms with Gasteiger partial charge in [0.25, 0.3) is 5.22 Å². The molecule has 0 saturated heterocycles. The van der Waals surface area contributed by atoms with Crippen LogP contribution in [0, 0.1) is 0 Å². The highest BCUT2D eigenvalue weighted by Gasteiger charge is 2.10. The molecule has 0 unspecified atom stereocenters. The van der Waals surface area contributed by atoms with Crippen LogP contribution in [0.2, 0.25) is 0 Å². The molecule has 3 aromatic rings. The van der Waals surface area contributed by atoms with E-state index in [0.717, 1.165) is 22.6 Å². The van der Waals surface area contributed by atoms with Crippen LogP contribution in [-0.2, 0) is 5.75 Å². The Balaban J connectivity index is 1.70. The lowest BCUT2D eigenvalue weighted by Crippen LogP contribution is -1.90. The van der Waals surface area contributed by atoms with Crippen molar-refractivity contribution in [3.05, 3.63) is 48.3 Å². The van der Waals surface area contributed by atoms with Crippen molar-refractivity contribution < 1.29 is 13.9 Å². The summed E-state index contributed by atoms with van der Waals surface area (Å²) in [6.45, 7) is 0. The maximum Gasteiger partial charge on any atom is 0.277 e. The van der Waals surface area contributed by atoms with Gasteiger partial charge in [-0.25, -0.2) is 0 Å². The number of hydrogen-bond donors (Lipinski definition) is 0. The predicted octanol–water partition coefficient (Wildman–Crippen LogP) is 3.44. The minimum absolute atomic E-state index is 0.462. The first-order chi connectivity index (χ1) is 11.3. The Kier molecular flexibility index (Phi) is 4.77. The van der Waals surface area contributed by atoms with Gasteiger partial charge in [-0.2, -0.15) is 0 Å². The van der Waals surface area contributed by atoms with E-state index in [0.29, 0.717) is 16.9 Å². The van der Waals surface area contributed by atoms with Gasteiger partial charge in [0.1, 0.15) is 11.5 Å². The van der Waals surface area contributed by atoms with Crippen LogP contribution in [0.4, 0.5) is 0 Å². The van der Waals surface area contributed by atoms with Gasteiger partial charge in [-0.05, 0) is 29.8 Å². The third kappa shape index (κ3) is 3.81. The molecule has 0 spiro atoms. The highest BCUT2D eigenvalue weighted by molar-refractivity contribution is 7.98. The molecule has 0 fully saturated rings. The largest absolute Gasteiger partial charge is 0.497 e. The molecule has 0 radical (unpaired) electrons. The summed E-state index contributed by atoms with van der Waals surface area (Å²) in [6.07, 6.45) is 3.39. The number of aromatic nitrogens is 3. The fourth-order valence-electron chi connectivity index (χ4n) is 1.97. The first-order valence-corrected chi connectivity index (χ1v) is 7.85. The van der Waals surface area contributed by atoms with Gasteiger partial charge in [-0.15, -0.1) is 10.2 Å². The smallest absolute Gasteiger partial charge is 0.277 e. The Morgan fingerprint density at radius 1 is 1.09 bits per heavy atom. The predicted molar refractivity (Wildman–Crippen MR) is 86.6 cm³/mol. The average molecular weight is 329 g/mol. The normalized spacial score (nSPS) is 10.5. The molecule has 3 rings (SSSR count). The monoisotopic (exact) mass is 329 g/mol. The molecule has 0 N–H and O–H groups in total. The second-order valence-corrected chi connectivity index (χ2v) is 5.55. The second-order valence-electron chi connectivity index (χ2n) is 4.62. The third-order valence-corrected chi connectivity index (χ3v) is 3.98. The number of hydrogen-bond acceptors (Lipinski definition) is 7. The molecule has 6 nitrogen and oxygen atoms in total. The lowest BCUT2D eigenvalue weighted by molar-refractivity contribution is 0.393. The van der Waals surface area contributed by atoms with Crippen molar-refractivity contribution in [2.24, 2.45) is 0 Å². The Labute approximate surface area is 137 Å². The van der Waals surface area contributed by atoms with E-state index in [1.54, 1.807) is 26.6 Å². The number of pyridine rings is 1. The summed E-state index contributed by atoms with van der Waals surface area (Å²) in [7, 11) is 3.26. The van der Waals surface area contributed by atoms with Crippen molar-refractivity contribution in [1.82, 2.24) is 15.2 Å². The highest BCUT2D eigenvalue weighted by Crippen LogP contribution is 2.29. The number of thioether (sulfide) groups is 1. The van der Waals surface area contributed by atoms with Crippen molar-refractivity contribution in [3.63, 3.8) is 0 Å². The summed E-state index contributed by atoms with van der Waals surface area (Å²) < 4.78 is 16.2. The van der Waals surface area contributed by atoms with E-state index >= 15 is 0 Å². The number of ether oxygens (including phenoxy) is 2. The summed E-state index contributed by atoms with van der Waals surface area (Å²) in [5.74, 6) is 2.63. The van der Waals surface area contributed by atoms with E-state index in [2.05, 4.69) is 15.2 Å². The Hall–Kier alpha value is -2.54.